The Morgan fingerprint density at radius 1 is 0.970 bits per heavy atom. The molecule has 5 heteroatoms. The minimum atomic E-state index is 0.529. The van der Waals surface area contributed by atoms with Crippen molar-refractivity contribution in [3.8, 4) is 22.8 Å². The van der Waals surface area contributed by atoms with Crippen molar-refractivity contribution in [2.24, 2.45) is 11.8 Å². The quantitative estimate of drug-likeness (QED) is 0.404. The van der Waals surface area contributed by atoms with E-state index in [1.165, 1.54) is 0 Å². The molecule has 0 amide bonds. The van der Waals surface area contributed by atoms with Gasteiger partial charge in [-0.3, -0.25) is 0 Å². The zero-order chi connectivity index (χ0) is 23.0. The molecule has 2 aromatic carbocycles. The largest absolute Gasteiger partial charge is 0.489 e. The second-order valence-electron chi connectivity index (χ2n) is 9.21. The first kappa shape index (κ1) is 23.2. The van der Waals surface area contributed by atoms with E-state index < -0.39 is 0 Å². The molecule has 3 aromatic rings. The van der Waals surface area contributed by atoms with Crippen molar-refractivity contribution in [3.05, 3.63) is 71.9 Å². The number of ether oxygens (including phenoxy) is 2. The molecule has 0 N–H and O–H groups in total. The topological polar surface area (TPSA) is 47.5 Å². The Hall–Kier alpha value is -2.92. The summed E-state index contributed by atoms with van der Waals surface area (Å²) in [5.41, 5.74) is 4.39. The van der Waals surface area contributed by atoms with E-state index in [2.05, 4.69) is 66.3 Å². The molecule has 1 aliphatic heterocycles. The number of benzene rings is 2. The number of aromatic nitrogens is 2. The SMILES string of the molecule is CCCCc1nnc(OCC2CN(C)CC2C)cc1-c1ccc(OCc2ccccc2)cc1. The molecule has 2 heterocycles. The van der Waals surface area contributed by atoms with E-state index in [0.717, 1.165) is 60.5 Å². The first-order valence-corrected chi connectivity index (χ1v) is 12.1. The molecular formula is C28H35N3O2. The van der Waals surface area contributed by atoms with E-state index in [0.29, 0.717) is 30.9 Å². The normalized spacial score (nSPS) is 18.4. The number of hydrogen-bond donors (Lipinski definition) is 0. The van der Waals surface area contributed by atoms with Crippen molar-refractivity contribution in [3.63, 3.8) is 0 Å². The summed E-state index contributed by atoms with van der Waals surface area (Å²) in [6.45, 7) is 7.93. The van der Waals surface area contributed by atoms with Crippen LogP contribution in [-0.4, -0.2) is 41.8 Å². The molecule has 0 spiro atoms. The minimum Gasteiger partial charge on any atom is -0.489 e. The van der Waals surface area contributed by atoms with Gasteiger partial charge in [0, 0.05) is 30.6 Å². The molecule has 0 aliphatic carbocycles. The predicted octanol–water partition coefficient (Wildman–Crippen LogP) is 5.64. The fraction of sp³-hybridized carbons (Fsp3) is 0.429. The van der Waals surface area contributed by atoms with Crippen molar-refractivity contribution >= 4 is 0 Å². The van der Waals surface area contributed by atoms with Gasteiger partial charge in [-0.05, 0) is 49.1 Å². The minimum absolute atomic E-state index is 0.529. The molecule has 0 bridgehead atoms. The Morgan fingerprint density at radius 2 is 1.76 bits per heavy atom. The van der Waals surface area contributed by atoms with E-state index in [4.69, 9.17) is 9.47 Å². The molecule has 1 aromatic heterocycles. The number of rotatable bonds is 10. The molecule has 1 aliphatic rings. The van der Waals surface area contributed by atoms with Crippen LogP contribution in [0.2, 0.25) is 0 Å². The van der Waals surface area contributed by atoms with Crippen LogP contribution in [0.4, 0.5) is 0 Å². The van der Waals surface area contributed by atoms with E-state index in [-0.39, 0.29) is 0 Å². The van der Waals surface area contributed by atoms with Crippen LogP contribution in [0.15, 0.2) is 60.7 Å². The smallest absolute Gasteiger partial charge is 0.234 e. The fourth-order valence-electron chi connectivity index (χ4n) is 4.43. The Kier molecular flexibility index (Phi) is 7.95. The molecule has 33 heavy (non-hydrogen) atoms. The van der Waals surface area contributed by atoms with Crippen LogP contribution in [-0.2, 0) is 13.0 Å². The predicted molar refractivity (Wildman–Crippen MR) is 132 cm³/mol. The highest BCUT2D eigenvalue weighted by molar-refractivity contribution is 5.67. The number of unbranched alkanes of at least 4 members (excludes halogenated alkanes) is 1. The number of aryl methyl sites for hydroxylation is 1. The third-order valence-electron chi connectivity index (χ3n) is 6.42. The van der Waals surface area contributed by atoms with E-state index in [1.54, 1.807) is 0 Å². The molecule has 4 rings (SSSR count). The molecule has 1 fully saturated rings. The van der Waals surface area contributed by atoms with Crippen molar-refractivity contribution in [2.45, 2.75) is 39.7 Å². The molecule has 1 saturated heterocycles. The van der Waals surface area contributed by atoms with Gasteiger partial charge in [0.2, 0.25) is 5.88 Å². The molecule has 2 unspecified atom stereocenters. The van der Waals surface area contributed by atoms with Gasteiger partial charge in [0.25, 0.3) is 0 Å². The van der Waals surface area contributed by atoms with Gasteiger partial charge in [-0.25, -0.2) is 0 Å². The number of likely N-dealkylation sites (tertiary alicyclic amines) is 1. The van der Waals surface area contributed by atoms with Crippen LogP contribution in [0.1, 0.15) is 37.9 Å². The van der Waals surface area contributed by atoms with Gasteiger partial charge in [0.1, 0.15) is 12.4 Å². The average molecular weight is 446 g/mol. The second-order valence-corrected chi connectivity index (χ2v) is 9.21. The monoisotopic (exact) mass is 445 g/mol. The number of nitrogens with zero attached hydrogens (tertiary/aromatic N) is 3. The molecule has 5 nitrogen and oxygen atoms in total. The van der Waals surface area contributed by atoms with Crippen molar-refractivity contribution in [2.75, 3.05) is 26.7 Å². The van der Waals surface area contributed by atoms with Crippen LogP contribution in [0.5, 0.6) is 11.6 Å². The fourth-order valence-corrected chi connectivity index (χ4v) is 4.43. The summed E-state index contributed by atoms with van der Waals surface area (Å²) >= 11 is 0. The van der Waals surface area contributed by atoms with Crippen LogP contribution < -0.4 is 9.47 Å². The zero-order valence-electron chi connectivity index (χ0n) is 20.0. The standard InChI is InChI=1S/C28H35N3O2/c1-4-5-11-27-26(16-28(30-29-27)33-20-24-18-31(3)17-21(24)2)23-12-14-25(15-13-23)32-19-22-9-7-6-8-10-22/h6-10,12-16,21,24H,4-5,11,17-20H2,1-3H3. The third kappa shape index (κ3) is 6.32. The van der Waals surface area contributed by atoms with Gasteiger partial charge >= 0.3 is 0 Å². The Morgan fingerprint density at radius 3 is 2.45 bits per heavy atom. The highest BCUT2D eigenvalue weighted by Crippen LogP contribution is 2.29. The number of hydrogen-bond acceptors (Lipinski definition) is 5. The van der Waals surface area contributed by atoms with Gasteiger partial charge in [0.05, 0.1) is 12.3 Å². The van der Waals surface area contributed by atoms with Gasteiger partial charge in [-0.1, -0.05) is 62.7 Å². The summed E-state index contributed by atoms with van der Waals surface area (Å²) < 4.78 is 12.1. The first-order valence-electron chi connectivity index (χ1n) is 12.1. The molecule has 0 saturated carbocycles. The average Bonchev–Trinajstić information content (AvgIpc) is 3.18. The maximum Gasteiger partial charge on any atom is 0.234 e. The zero-order valence-corrected chi connectivity index (χ0v) is 20.0. The Bertz CT molecular complexity index is 1010. The molecule has 174 valence electrons. The van der Waals surface area contributed by atoms with Crippen LogP contribution in [0, 0.1) is 11.8 Å². The van der Waals surface area contributed by atoms with Crippen molar-refractivity contribution < 1.29 is 9.47 Å². The summed E-state index contributed by atoms with van der Waals surface area (Å²) in [6.07, 6.45) is 3.13. The van der Waals surface area contributed by atoms with Crippen LogP contribution >= 0.6 is 0 Å². The Labute approximate surface area is 197 Å². The van der Waals surface area contributed by atoms with Crippen LogP contribution in [0.3, 0.4) is 0 Å². The van der Waals surface area contributed by atoms with Crippen molar-refractivity contribution in [1.82, 2.24) is 15.1 Å². The molecule has 0 radical (unpaired) electrons. The summed E-state index contributed by atoms with van der Waals surface area (Å²) in [4.78, 5) is 2.37. The molecular weight excluding hydrogens is 410 g/mol. The van der Waals surface area contributed by atoms with E-state index in [1.807, 2.05) is 30.3 Å². The lowest BCUT2D eigenvalue weighted by atomic mass is 9.99. The Balaban J connectivity index is 1.47. The lowest BCUT2D eigenvalue weighted by molar-refractivity contribution is 0.219. The summed E-state index contributed by atoms with van der Waals surface area (Å²) in [7, 11) is 2.17. The first-order chi connectivity index (χ1) is 16.1. The lowest BCUT2D eigenvalue weighted by Gasteiger charge is -2.16. The van der Waals surface area contributed by atoms with Gasteiger partial charge in [0.15, 0.2) is 0 Å². The van der Waals surface area contributed by atoms with E-state index in [9.17, 15) is 0 Å². The van der Waals surface area contributed by atoms with E-state index >= 15 is 0 Å². The molecule has 2 atom stereocenters. The maximum absolute atomic E-state index is 6.12. The summed E-state index contributed by atoms with van der Waals surface area (Å²) in [5.74, 6) is 2.63. The van der Waals surface area contributed by atoms with Gasteiger partial charge < -0.3 is 14.4 Å². The summed E-state index contributed by atoms with van der Waals surface area (Å²) in [6, 6.07) is 20.5. The summed E-state index contributed by atoms with van der Waals surface area (Å²) in [5, 5.41) is 8.95. The van der Waals surface area contributed by atoms with Gasteiger partial charge in [-0.2, -0.15) is 5.10 Å². The second kappa shape index (κ2) is 11.3. The third-order valence-corrected chi connectivity index (χ3v) is 6.42. The van der Waals surface area contributed by atoms with Gasteiger partial charge in [-0.15, -0.1) is 5.10 Å². The van der Waals surface area contributed by atoms with Crippen LogP contribution in [0.25, 0.3) is 11.1 Å². The lowest BCUT2D eigenvalue weighted by Crippen LogP contribution is -2.20. The van der Waals surface area contributed by atoms with Crippen molar-refractivity contribution in [1.29, 1.82) is 0 Å². The maximum atomic E-state index is 6.12. The highest BCUT2D eigenvalue weighted by Gasteiger charge is 2.28. The highest BCUT2D eigenvalue weighted by atomic mass is 16.5.